The molecule has 4 rings (SSSR count). The fraction of sp³-hybridized carbons (Fsp3) is 0.350. The Bertz CT molecular complexity index is 989. The summed E-state index contributed by atoms with van der Waals surface area (Å²) >= 11 is 0. The van der Waals surface area contributed by atoms with Crippen molar-refractivity contribution in [1.29, 1.82) is 0 Å². The van der Waals surface area contributed by atoms with Crippen molar-refractivity contribution in [2.45, 2.75) is 45.2 Å². The molecule has 3 aromatic rings. The van der Waals surface area contributed by atoms with Gasteiger partial charge in [0, 0.05) is 18.5 Å². The maximum absolute atomic E-state index is 12.8. The average molecular weight is 351 g/mol. The summed E-state index contributed by atoms with van der Waals surface area (Å²) < 4.78 is 7.02. The van der Waals surface area contributed by atoms with E-state index in [1.54, 1.807) is 41.2 Å². The van der Waals surface area contributed by atoms with Crippen molar-refractivity contribution >= 4 is 16.8 Å². The molecule has 0 fully saturated rings. The first kappa shape index (κ1) is 16.6. The highest BCUT2D eigenvalue weighted by Crippen LogP contribution is 2.16. The molecule has 1 aromatic carbocycles. The van der Waals surface area contributed by atoms with Crippen molar-refractivity contribution in [2.24, 2.45) is 0 Å². The second kappa shape index (κ2) is 7.15. The molecule has 3 heterocycles. The van der Waals surface area contributed by atoms with Gasteiger partial charge in [0.15, 0.2) is 0 Å². The first-order valence-corrected chi connectivity index (χ1v) is 9.06. The third-order valence-corrected chi connectivity index (χ3v) is 4.83. The van der Waals surface area contributed by atoms with Gasteiger partial charge >= 0.3 is 0 Å². The summed E-state index contributed by atoms with van der Waals surface area (Å²) in [4.78, 5) is 29.9. The number of nitrogens with zero attached hydrogens (tertiary/aromatic N) is 2. The van der Waals surface area contributed by atoms with Crippen LogP contribution in [0.2, 0.25) is 0 Å². The van der Waals surface area contributed by atoms with Crippen molar-refractivity contribution in [3.8, 4) is 0 Å². The Labute approximate surface area is 150 Å². The third kappa shape index (κ3) is 3.27. The Morgan fingerprint density at radius 1 is 1.19 bits per heavy atom. The van der Waals surface area contributed by atoms with Gasteiger partial charge in [-0.1, -0.05) is 12.8 Å². The lowest BCUT2D eigenvalue weighted by Gasteiger charge is -2.16. The van der Waals surface area contributed by atoms with Crippen LogP contribution >= 0.6 is 0 Å². The molecule has 6 heteroatoms. The minimum atomic E-state index is -0.211. The summed E-state index contributed by atoms with van der Waals surface area (Å²) in [6.45, 7) is 1.05. The van der Waals surface area contributed by atoms with E-state index in [0.29, 0.717) is 28.8 Å². The fourth-order valence-electron chi connectivity index (χ4n) is 3.42. The second-order valence-electron chi connectivity index (χ2n) is 6.64. The van der Waals surface area contributed by atoms with Gasteiger partial charge in [0.2, 0.25) is 0 Å². The third-order valence-electron chi connectivity index (χ3n) is 4.83. The molecular weight excluding hydrogens is 330 g/mol. The average Bonchev–Trinajstić information content (AvgIpc) is 3.14. The Morgan fingerprint density at radius 3 is 2.92 bits per heavy atom. The van der Waals surface area contributed by atoms with Gasteiger partial charge in [0.25, 0.3) is 11.5 Å². The van der Waals surface area contributed by atoms with Crippen molar-refractivity contribution in [3.05, 3.63) is 64.1 Å². The summed E-state index contributed by atoms with van der Waals surface area (Å²) in [5, 5.41) is 3.38. The van der Waals surface area contributed by atoms with Gasteiger partial charge in [0.1, 0.15) is 11.6 Å². The number of fused-ring (bicyclic) bond motifs is 2. The molecule has 26 heavy (non-hydrogen) atoms. The lowest BCUT2D eigenvalue weighted by molar-refractivity contribution is 0.0948. The van der Waals surface area contributed by atoms with Crippen LogP contribution in [0, 0.1) is 0 Å². The Morgan fingerprint density at radius 2 is 2.08 bits per heavy atom. The predicted molar refractivity (Wildman–Crippen MR) is 98.1 cm³/mol. The smallest absolute Gasteiger partial charge is 0.261 e. The number of furan rings is 1. The molecule has 0 bridgehead atoms. The lowest BCUT2D eigenvalue weighted by Crippen LogP contribution is -2.27. The van der Waals surface area contributed by atoms with Crippen LogP contribution in [0.15, 0.2) is 45.8 Å². The number of aryl methyl sites for hydroxylation is 1. The molecule has 0 spiro atoms. The highest BCUT2D eigenvalue weighted by atomic mass is 16.3. The van der Waals surface area contributed by atoms with Gasteiger partial charge in [0.05, 0.1) is 23.7 Å². The van der Waals surface area contributed by atoms with Gasteiger partial charge in [-0.25, -0.2) is 4.98 Å². The quantitative estimate of drug-likeness (QED) is 0.787. The zero-order chi connectivity index (χ0) is 17.9. The van der Waals surface area contributed by atoms with Crippen molar-refractivity contribution < 1.29 is 9.21 Å². The number of nitrogens with one attached hydrogen (secondary N) is 1. The Kier molecular flexibility index (Phi) is 4.56. The summed E-state index contributed by atoms with van der Waals surface area (Å²) in [5.74, 6) is 1.31. The molecule has 1 aliphatic rings. The normalized spacial score (nSPS) is 14.5. The minimum absolute atomic E-state index is 0.00514. The molecular formula is C20H21N3O3. The van der Waals surface area contributed by atoms with E-state index in [9.17, 15) is 9.59 Å². The summed E-state index contributed by atoms with van der Waals surface area (Å²) in [5.41, 5.74) is 1.08. The molecule has 6 nitrogen and oxygen atoms in total. The maximum Gasteiger partial charge on any atom is 0.261 e. The number of amides is 1. The number of hydrogen-bond donors (Lipinski definition) is 1. The fourth-order valence-corrected chi connectivity index (χ4v) is 3.42. The zero-order valence-electron chi connectivity index (χ0n) is 14.5. The van der Waals surface area contributed by atoms with E-state index in [4.69, 9.17) is 9.40 Å². The van der Waals surface area contributed by atoms with E-state index in [2.05, 4.69) is 5.32 Å². The van der Waals surface area contributed by atoms with Crippen molar-refractivity contribution in [1.82, 2.24) is 14.9 Å². The van der Waals surface area contributed by atoms with Gasteiger partial charge in [-0.05, 0) is 43.2 Å². The molecule has 0 radical (unpaired) electrons. The van der Waals surface area contributed by atoms with Crippen molar-refractivity contribution in [2.75, 3.05) is 0 Å². The van der Waals surface area contributed by atoms with Gasteiger partial charge in [-0.3, -0.25) is 14.2 Å². The summed E-state index contributed by atoms with van der Waals surface area (Å²) in [6.07, 6.45) is 6.75. The molecule has 2 aromatic heterocycles. The minimum Gasteiger partial charge on any atom is -0.467 e. The molecule has 134 valence electrons. The van der Waals surface area contributed by atoms with E-state index in [0.717, 1.165) is 38.1 Å². The number of carbonyl (C=O) groups excluding carboxylic acids is 1. The number of carbonyl (C=O) groups is 1. The van der Waals surface area contributed by atoms with Crippen LogP contribution < -0.4 is 10.9 Å². The van der Waals surface area contributed by atoms with Gasteiger partial charge in [-0.15, -0.1) is 0 Å². The van der Waals surface area contributed by atoms with Gasteiger partial charge in [-0.2, -0.15) is 0 Å². The highest BCUT2D eigenvalue weighted by Gasteiger charge is 2.15. The van der Waals surface area contributed by atoms with Gasteiger partial charge < -0.3 is 9.73 Å². The number of rotatable bonds is 3. The largest absolute Gasteiger partial charge is 0.467 e. The van der Waals surface area contributed by atoms with E-state index >= 15 is 0 Å². The van der Waals surface area contributed by atoms with Crippen LogP contribution in [-0.2, 0) is 19.5 Å². The molecule has 1 aliphatic heterocycles. The second-order valence-corrected chi connectivity index (χ2v) is 6.64. The lowest BCUT2D eigenvalue weighted by atomic mass is 10.1. The molecule has 0 aliphatic carbocycles. The zero-order valence-corrected chi connectivity index (χ0v) is 14.5. The molecule has 0 saturated carbocycles. The van der Waals surface area contributed by atoms with E-state index in [-0.39, 0.29) is 11.5 Å². The van der Waals surface area contributed by atoms with E-state index in [1.165, 1.54) is 6.42 Å². The van der Waals surface area contributed by atoms with Crippen LogP contribution in [0.25, 0.3) is 10.9 Å². The predicted octanol–water partition coefficient (Wildman–Crippen LogP) is 3.04. The van der Waals surface area contributed by atoms with Crippen LogP contribution in [0.5, 0.6) is 0 Å². The highest BCUT2D eigenvalue weighted by molar-refractivity contribution is 5.97. The number of hydrogen-bond acceptors (Lipinski definition) is 4. The first-order chi connectivity index (χ1) is 12.7. The van der Waals surface area contributed by atoms with E-state index in [1.807, 2.05) is 0 Å². The molecule has 0 atom stereocenters. The van der Waals surface area contributed by atoms with Crippen LogP contribution in [-0.4, -0.2) is 15.5 Å². The first-order valence-electron chi connectivity index (χ1n) is 9.06. The summed E-state index contributed by atoms with van der Waals surface area (Å²) in [6, 6.07) is 8.68. The summed E-state index contributed by atoms with van der Waals surface area (Å²) in [7, 11) is 0. The Hall–Kier alpha value is -2.89. The molecule has 1 amide bonds. The van der Waals surface area contributed by atoms with Crippen LogP contribution in [0.4, 0.5) is 0 Å². The monoisotopic (exact) mass is 351 g/mol. The maximum atomic E-state index is 12.8. The number of aromatic nitrogens is 2. The SMILES string of the molecule is O=C(NCc1ccco1)c1ccc2c(=O)n3c(nc2c1)CCCCCC3. The number of benzene rings is 1. The molecule has 0 unspecified atom stereocenters. The molecule has 0 saturated heterocycles. The van der Waals surface area contributed by atoms with Crippen molar-refractivity contribution in [3.63, 3.8) is 0 Å². The van der Waals surface area contributed by atoms with Crippen LogP contribution in [0.3, 0.4) is 0 Å². The topological polar surface area (TPSA) is 77.1 Å². The van der Waals surface area contributed by atoms with Crippen LogP contribution in [0.1, 0.15) is 47.6 Å². The van der Waals surface area contributed by atoms with E-state index < -0.39 is 0 Å². The molecule has 1 N–H and O–H groups in total. The Balaban J connectivity index is 1.65. The standard InChI is InChI=1S/C20H21N3O3/c24-19(21-13-15-6-5-11-26-15)14-8-9-16-17(12-14)22-18-7-3-1-2-4-10-23(18)20(16)25/h5-6,8-9,11-12H,1-4,7,10,13H2,(H,21,24).